The number of carboxylic acid groups (broad SMARTS) is 1. The number of alkyl carbamates (subject to hydrolysis) is 1. The van der Waals surface area contributed by atoms with Crippen LogP contribution in [0.4, 0.5) is 10.6 Å². The molecule has 2 fully saturated rings. The number of amides is 1. The Hall–Kier alpha value is -2.35. The molecule has 0 saturated heterocycles. The lowest BCUT2D eigenvalue weighted by Crippen LogP contribution is -2.47. The van der Waals surface area contributed by atoms with Gasteiger partial charge in [0, 0.05) is 25.3 Å². The first-order valence-electron chi connectivity index (χ1n) is 12.0. The molecular weight excluding hydrogens is 410 g/mol. The van der Waals surface area contributed by atoms with E-state index in [4.69, 9.17) is 14.5 Å². The molecule has 0 bridgehead atoms. The second-order valence-electron chi connectivity index (χ2n) is 9.73. The summed E-state index contributed by atoms with van der Waals surface area (Å²) in [5.41, 5.74) is 2.01. The normalized spacial score (nSPS) is 24.2. The lowest BCUT2D eigenvalue weighted by atomic mass is 9.79. The third-order valence-electron chi connectivity index (χ3n) is 7.05. The molecule has 176 valence electrons. The summed E-state index contributed by atoms with van der Waals surface area (Å²) in [5, 5.41) is 15.2. The van der Waals surface area contributed by atoms with E-state index < -0.39 is 23.7 Å². The van der Waals surface area contributed by atoms with Crippen molar-refractivity contribution < 1.29 is 24.2 Å². The number of aliphatic carboxylic acids is 1. The van der Waals surface area contributed by atoms with Crippen LogP contribution < -0.4 is 10.6 Å². The maximum Gasteiger partial charge on any atom is 0.408 e. The van der Waals surface area contributed by atoms with Gasteiger partial charge >= 0.3 is 12.1 Å². The zero-order valence-electron chi connectivity index (χ0n) is 18.9. The highest BCUT2D eigenvalue weighted by Crippen LogP contribution is 2.35. The van der Waals surface area contributed by atoms with Crippen LogP contribution in [-0.4, -0.2) is 53.1 Å². The van der Waals surface area contributed by atoms with Crippen molar-refractivity contribution in [2.75, 3.05) is 18.5 Å². The summed E-state index contributed by atoms with van der Waals surface area (Å²) in [7, 11) is 0. The highest BCUT2D eigenvalue weighted by atomic mass is 16.6. The zero-order valence-corrected chi connectivity index (χ0v) is 18.9. The minimum Gasteiger partial charge on any atom is -0.480 e. The van der Waals surface area contributed by atoms with Crippen LogP contribution in [-0.2, 0) is 27.1 Å². The number of anilines is 1. The molecule has 1 unspecified atom stereocenters. The first-order chi connectivity index (χ1) is 15.4. The van der Waals surface area contributed by atoms with E-state index in [2.05, 4.69) is 22.8 Å². The van der Waals surface area contributed by atoms with Crippen LogP contribution in [0.15, 0.2) is 12.1 Å². The van der Waals surface area contributed by atoms with Crippen LogP contribution in [0.5, 0.6) is 0 Å². The van der Waals surface area contributed by atoms with Gasteiger partial charge in [0.2, 0.25) is 0 Å². The highest BCUT2D eigenvalue weighted by Gasteiger charge is 2.37. The minimum absolute atomic E-state index is 0.174. The molecule has 32 heavy (non-hydrogen) atoms. The van der Waals surface area contributed by atoms with Gasteiger partial charge in [-0.25, -0.2) is 14.6 Å². The van der Waals surface area contributed by atoms with Crippen molar-refractivity contribution >= 4 is 17.9 Å². The van der Waals surface area contributed by atoms with Crippen LogP contribution in [0.1, 0.15) is 69.5 Å². The van der Waals surface area contributed by atoms with Crippen LogP contribution in [0.3, 0.4) is 0 Å². The second kappa shape index (κ2) is 10.1. The standard InChI is InChI=1S/C24H35N3O5/c1-24(10-3-11-24)32-23(30)27-20(22(28)29)9-13-31-19-14-16(15-19)5-7-18-8-6-17-4-2-12-25-21(17)26-18/h6,8,16,19-20H,2-5,7,9-15H2,1H3,(H,25,26)(H,27,30)(H,28,29). The maximum absolute atomic E-state index is 12.0. The predicted molar refractivity (Wildman–Crippen MR) is 120 cm³/mol. The molecule has 8 heteroatoms. The lowest BCUT2D eigenvalue weighted by molar-refractivity contribution is -0.140. The molecule has 1 aliphatic heterocycles. The Bertz CT molecular complexity index is 820. The average molecular weight is 446 g/mol. The molecule has 0 radical (unpaired) electrons. The molecule has 0 spiro atoms. The third-order valence-corrected chi connectivity index (χ3v) is 7.05. The van der Waals surface area contributed by atoms with Gasteiger partial charge in [-0.2, -0.15) is 0 Å². The lowest BCUT2D eigenvalue weighted by Gasteiger charge is -2.37. The van der Waals surface area contributed by atoms with Crippen LogP contribution in [0.2, 0.25) is 0 Å². The summed E-state index contributed by atoms with van der Waals surface area (Å²) in [5.74, 6) is 0.607. The Labute approximate surface area is 189 Å². The van der Waals surface area contributed by atoms with Gasteiger partial charge in [0.05, 0.1) is 6.10 Å². The van der Waals surface area contributed by atoms with E-state index in [-0.39, 0.29) is 12.5 Å². The molecule has 8 nitrogen and oxygen atoms in total. The first kappa shape index (κ1) is 22.8. The number of rotatable bonds is 10. The van der Waals surface area contributed by atoms with Crippen molar-refractivity contribution in [1.82, 2.24) is 10.3 Å². The fourth-order valence-corrected chi connectivity index (χ4v) is 4.69. The van der Waals surface area contributed by atoms with Crippen molar-refractivity contribution in [3.63, 3.8) is 0 Å². The highest BCUT2D eigenvalue weighted by molar-refractivity contribution is 5.80. The van der Waals surface area contributed by atoms with Gasteiger partial charge in [-0.3, -0.25) is 0 Å². The van der Waals surface area contributed by atoms with E-state index in [0.29, 0.717) is 12.5 Å². The monoisotopic (exact) mass is 445 g/mol. The zero-order chi connectivity index (χ0) is 22.6. The van der Waals surface area contributed by atoms with E-state index in [1.807, 2.05) is 6.92 Å². The molecule has 3 N–H and O–H groups in total. The number of carbonyl (C=O) groups excluding carboxylic acids is 1. The minimum atomic E-state index is -1.07. The first-order valence-corrected chi connectivity index (χ1v) is 12.0. The van der Waals surface area contributed by atoms with Crippen molar-refractivity contribution in [2.24, 2.45) is 5.92 Å². The molecule has 3 aliphatic rings. The fraction of sp³-hybridized carbons (Fsp3) is 0.708. The van der Waals surface area contributed by atoms with Gasteiger partial charge in [0.15, 0.2) is 0 Å². The van der Waals surface area contributed by atoms with E-state index in [1.54, 1.807) is 0 Å². The SMILES string of the molecule is CC1(OC(=O)NC(CCOC2CC(CCc3ccc4c(n3)NCCC4)C2)C(=O)O)CCC1. The number of hydrogen-bond acceptors (Lipinski definition) is 6. The Balaban J connectivity index is 1.11. The summed E-state index contributed by atoms with van der Waals surface area (Å²) in [6.07, 6.45) is 8.76. The van der Waals surface area contributed by atoms with Crippen LogP contribution >= 0.6 is 0 Å². The summed E-state index contributed by atoms with van der Waals surface area (Å²) in [4.78, 5) is 28.2. The van der Waals surface area contributed by atoms with Gasteiger partial charge in [-0.15, -0.1) is 0 Å². The van der Waals surface area contributed by atoms with Crippen molar-refractivity contribution in [3.05, 3.63) is 23.4 Å². The maximum atomic E-state index is 12.0. The summed E-state index contributed by atoms with van der Waals surface area (Å²) in [6.45, 7) is 3.19. The van der Waals surface area contributed by atoms with E-state index in [9.17, 15) is 14.7 Å². The van der Waals surface area contributed by atoms with Crippen molar-refractivity contribution in [2.45, 2.75) is 88.9 Å². The molecule has 4 rings (SSSR count). The summed E-state index contributed by atoms with van der Waals surface area (Å²) < 4.78 is 11.2. The number of nitrogens with zero attached hydrogens (tertiary/aromatic N) is 1. The number of aromatic nitrogens is 1. The van der Waals surface area contributed by atoms with E-state index >= 15 is 0 Å². The van der Waals surface area contributed by atoms with Crippen LogP contribution in [0.25, 0.3) is 0 Å². The average Bonchev–Trinajstić information content (AvgIpc) is 2.72. The quantitative estimate of drug-likeness (QED) is 0.504. The van der Waals surface area contributed by atoms with Gasteiger partial charge in [0.25, 0.3) is 0 Å². The Morgan fingerprint density at radius 1 is 1.31 bits per heavy atom. The molecule has 2 heterocycles. The van der Waals surface area contributed by atoms with Gasteiger partial charge in [0.1, 0.15) is 17.5 Å². The Morgan fingerprint density at radius 2 is 2.12 bits per heavy atom. The van der Waals surface area contributed by atoms with Gasteiger partial charge in [-0.1, -0.05) is 6.07 Å². The third kappa shape index (κ3) is 5.91. The van der Waals surface area contributed by atoms with Gasteiger partial charge < -0.3 is 25.2 Å². The molecule has 1 amide bonds. The Morgan fingerprint density at radius 3 is 2.84 bits per heavy atom. The number of carbonyl (C=O) groups is 2. The number of fused-ring (bicyclic) bond motifs is 1. The largest absolute Gasteiger partial charge is 0.480 e. The Kier molecular flexibility index (Phi) is 7.18. The number of nitrogens with one attached hydrogen (secondary N) is 2. The van der Waals surface area contributed by atoms with E-state index in [0.717, 1.165) is 69.4 Å². The summed E-state index contributed by atoms with van der Waals surface area (Å²) >= 11 is 0. The number of ether oxygens (including phenoxy) is 2. The smallest absolute Gasteiger partial charge is 0.408 e. The molecular formula is C24H35N3O5. The van der Waals surface area contributed by atoms with Crippen LogP contribution in [0, 0.1) is 5.92 Å². The van der Waals surface area contributed by atoms with Gasteiger partial charge in [-0.05, 0) is 82.3 Å². The van der Waals surface area contributed by atoms with Crippen molar-refractivity contribution in [1.29, 1.82) is 0 Å². The molecule has 2 saturated carbocycles. The molecule has 1 aromatic heterocycles. The fourth-order valence-electron chi connectivity index (χ4n) is 4.69. The topological polar surface area (TPSA) is 110 Å². The number of carboxylic acids is 1. The molecule has 2 aliphatic carbocycles. The second-order valence-corrected chi connectivity index (χ2v) is 9.73. The number of pyridine rings is 1. The summed E-state index contributed by atoms with van der Waals surface area (Å²) in [6, 6.07) is 3.35. The van der Waals surface area contributed by atoms with Crippen molar-refractivity contribution in [3.8, 4) is 0 Å². The predicted octanol–water partition coefficient (Wildman–Crippen LogP) is 3.68. The van der Waals surface area contributed by atoms with E-state index in [1.165, 1.54) is 12.0 Å². The molecule has 0 aromatic carbocycles. The molecule has 1 atom stereocenters. The molecule has 1 aromatic rings. The number of hydrogen-bond donors (Lipinski definition) is 3. The number of aryl methyl sites for hydroxylation is 2.